The molecule has 0 aliphatic carbocycles. The molecule has 3 N–H and O–H groups in total. The van der Waals surface area contributed by atoms with E-state index in [-0.39, 0.29) is 5.41 Å². The number of hydrogen-bond donors (Lipinski definition) is 2. The number of hydrogen-bond acceptors (Lipinski definition) is 6. The van der Waals surface area contributed by atoms with Gasteiger partial charge in [-0.05, 0) is 0 Å². The number of nitrogens with one attached hydrogen (secondary N) is 1. The second-order valence-corrected chi connectivity index (χ2v) is 5.59. The Labute approximate surface area is 104 Å². The fourth-order valence-electron chi connectivity index (χ4n) is 1.33. The lowest BCUT2D eigenvalue weighted by atomic mass is 9.92. The van der Waals surface area contributed by atoms with Crippen LogP contribution in [0.5, 0.6) is 0 Å². The molecule has 0 aliphatic heterocycles. The first kappa shape index (κ1) is 11.9. The van der Waals surface area contributed by atoms with E-state index >= 15 is 0 Å². The standard InChI is InChI=1S/C11H15N5S/c1-11(2,3)7-6-8(16-12)15-9(14-7)10-13-4-5-17-10/h4-6H,12H2,1-3H3,(H,14,15,16). The predicted octanol–water partition coefficient (Wildman–Crippen LogP) is 2.18. The SMILES string of the molecule is CC(C)(C)c1cc(NN)nc(-c2nccs2)n1. The highest BCUT2D eigenvalue weighted by atomic mass is 32.1. The fourth-order valence-corrected chi connectivity index (χ4v) is 1.90. The Bertz CT molecular complexity index is 501. The zero-order valence-corrected chi connectivity index (χ0v) is 10.9. The molecular weight excluding hydrogens is 234 g/mol. The summed E-state index contributed by atoms with van der Waals surface area (Å²) in [6.07, 6.45) is 1.74. The van der Waals surface area contributed by atoms with Crippen molar-refractivity contribution in [2.45, 2.75) is 26.2 Å². The Hall–Kier alpha value is -1.53. The van der Waals surface area contributed by atoms with Gasteiger partial charge in [-0.1, -0.05) is 20.8 Å². The van der Waals surface area contributed by atoms with E-state index in [0.717, 1.165) is 10.7 Å². The van der Waals surface area contributed by atoms with Crippen molar-refractivity contribution in [3.63, 3.8) is 0 Å². The highest BCUT2D eigenvalue weighted by molar-refractivity contribution is 7.13. The minimum absolute atomic E-state index is 0.0550. The normalized spacial score (nSPS) is 11.5. The number of nitrogen functional groups attached to an aromatic ring is 1. The number of rotatable bonds is 2. The molecule has 90 valence electrons. The van der Waals surface area contributed by atoms with Crippen LogP contribution in [0.25, 0.3) is 10.8 Å². The maximum atomic E-state index is 5.43. The highest BCUT2D eigenvalue weighted by Crippen LogP contribution is 2.26. The smallest absolute Gasteiger partial charge is 0.190 e. The van der Waals surface area contributed by atoms with Gasteiger partial charge in [0.05, 0.1) is 5.69 Å². The quantitative estimate of drug-likeness (QED) is 0.630. The molecule has 0 amide bonds. The van der Waals surface area contributed by atoms with Crippen molar-refractivity contribution >= 4 is 17.2 Å². The minimum atomic E-state index is -0.0550. The first-order valence-corrected chi connectivity index (χ1v) is 6.15. The van der Waals surface area contributed by atoms with Crippen LogP contribution in [0.1, 0.15) is 26.5 Å². The summed E-state index contributed by atoms with van der Waals surface area (Å²) in [5, 5.41) is 2.70. The summed E-state index contributed by atoms with van der Waals surface area (Å²) in [5.74, 6) is 6.65. The summed E-state index contributed by atoms with van der Waals surface area (Å²) < 4.78 is 0. The first-order chi connectivity index (χ1) is 8.00. The van der Waals surface area contributed by atoms with E-state index in [9.17, 15) is 0 Å². The molecule has 2 rings (SSSR count). The molecule has 0 fully saturated rings. The van der Waals surface area contributed by atoms with Gasteiger partial charge in [0.1, 0.15) is 5.82 Å². The Morgan fingerprint density at radius 3 is 2.59 bits per heavy atom. The maximum Gasteiger partial charge on any atom is 0.190 e. The minimum Gasteiger partial charge on any atom is -0.308 e. The molecule has 0 saturated carbocycles. The van der Waals surface area contributed by atoms with Crippen LogP contribution < -0.4 is 11.3 Å². The predicted molar refractivity (Wildman–Crippen MR) is 69.7 cm³/mol. The zero-order chi connectivity index (χ0) is 12.5. The van der Waals surface area contributed by atoms with Crippen LogP contribution in [-0.2, 0) is 5.41 Å². The number of hydrazine groups is 1. The topological polar surface area (TPSA) is 76.7 Å². The van der Waals surface area contributed by atoms with E-state index in [1.807, 2.05) is 11.4 Å². The van der Waals surface area contributed by atoms with Crippen molar-refractivity contribution in [1.29, 1.82) is 0 Å². The molecule has 0 unspecified atom stereocenters. The van der Waals surface area contributed by atoms with Gasteiger partial charge in [-0.15, -0.1) is 11.3 Å². The Balaban J connectivity index is 2.54. The molecule has 0 atom stereocenters. The van der Waals surface area contributed by atoms with Crippen molar-refractivity contribution in [3.05, 3.63) is 23.3 Å². The monoisotopic (exact) mass is 249 g/mol. The summed E-state index contributed by atoms with van der Waals surface area (Å²) in [5.41, 5.74) is 3.45. The number of anilines is 1. The van der Waals surface area contributed by atoms with Gasteiger partial charge in [-0.3, -0.25) is 0 Å². The average molecular weight is 249 g/mol. The van der Waals surface area contributed by atoms with Crippen molar-refractivity contribution in [2.24, 2.45) is 5.84 Å². The largest absolute Gasteiger partial charge is 0.308 e. The fraction of sp³-hybridized carbons (Fsp3) is 0.364. The van der Waals surface area contributed by atoms with Crippen molar-refractivity contribution in [2.75, 3.05) is 5.43 Å². The molecule has 0 bridgehead atoms. The summed E-state index contributed by atoms with van der Waals surface area (Å²) in [6, 6.07) is 1.86. The Morgan fingerprint density at radius 2 is 2.06 bits per heavy atom. The molecule has 2 aromatic heterocycles. The van der Waals surface area contributed by atoms with Gasteiger partial charge in [0, 0.05) is 23.1 Å². The number of nitrogens with two attached hydrogens (primary N) is 1. The van der Waals surface area contributed by atoms with E-state index in [1.54, 1.807) is 6.20 Å². The van der Waals surface area contributed by atoms with Crippen molar-refractivity contribution < 1.29 is 0 Å². The molecule has 0 radical (unpaired) electrons. The van der Waals surface area contributed by atoms with Gasteiger partial charge >= 0.3 is 0 Å². The van der Waals surface area contributed by atoms with Crippen LogP contribution in [0.3, 0.4) is 0 Å². The lowest BCUT2D eigenvalue weighted by Crippen LogP contribution is -2.17. The van der Waals surface area contributed by atoms with Crippen LogP contribution in [0.2, 0.25) is 0 Å². The van der Waals surface area contributed by atoms with Gasteiger partial charge < -0.3 is 5.43 Å². The average Bonchev–Trinajstić information content (AvgIpc) is 2.80. The van der Waals surface area contributed by atoms with Crippen molar-refractivity contribution in [3.8, 4) is 10.8 Å². The summed E-state index contributed by atoms with van der Waals surface area (Å²) in [6.45, 7) is 6.30. The number of aromatic nitrogens is 3. The van der Waals surface area contributed by atoms with Crippen LogP contribution in [-0.4, -0.2) is 15.0 Å². The Morgan fingerprint density at radius 1 is 1.29 bits per heavy atom. The van der Waals surface area contributed by atoms with E-state index in [4.69, 9.17) is 5.84 Å². The third-order valence-electron chi connectivity index (χ3n) is 2.27. The summed E-state index contributed by atoms with van der Waals surface area (Å²) in [4.78, 5) is 13.1. The molecule has 2 aromatic rings. The van der Waals surface area contributed by atoms with E-state index in [0.29, 0.717) is 11.6 Å². The zero-order valence-electron chi connectivity index (χ0n) is 10.1. The van der Waals surface area contributed by atoms with Crippen LogP contribution in [0.15, 0.2) is 17.6 Å². The molecule has 5 nitrogen and oxygen atoms in total. The first-order valence-electron chi connectivity index (χ1n) is 5.27. The van der Waals surface area contributed by atoms with E-state index in [1.165, 1.54) is 11.3 Å². The lowest BCUT2D eigenvalue weighted by Gasteiger charge is -2.18. The molecule has 6 heteroatoms. The van der Waals surface area contributed by atoms with Crippen LogP contribution >= 0.6 is 11.3 Å². The molecule has 17 heavy (non-hydrogen) atoms. The van der Waals surface area contributed by atoms with Gasteiger partial charge in [0.25, 0.3) is 0 Å². The van der Waals surface area contributed by atoms with Gasteiger partial charge in [0.15, 0.2) is 10.8 Å². The third kappa shape index (κ3) is 2.59. The number of thiazole rings is 1. The van der Waals surface area contributed by atoms with Crippen LogP contribution in [0, 0.1) is 0 Å². The van der Waals surface area contributed by atoms with Crippen molar-refractivity contribution in [1.82, 2.24) is 15.0 Å². The maximum absolute atomic E-state index is 5.43. The van der Waals surface area contributed by atoms with Gasteiger partial charge in [-0.2, -0.15) is 0 Å². The molecular formula is C11H15N5S. The Kier molecular flexibility index (Phi) is 3.08. The van der Waals surface area contributed by atoms with Gasteiger partial charge in [-0.25, -0.2) is 20.8 Å². The van der Waals surface area contributed by atoms with E-state index in [2.05, 4.69) is 41.1 Å². The molecule has 0 saturated heterocycles. The molecule has 0 spiro atoms. The number of nitrogens with zero attached hydrogens (tertiary/aromatic N) is 3. The summed E-state index contributed by atoms with van der Waals surface area (Å²) >= 11 is 1.51. The molecule has 0 aliphatic rings. The second kappa shape index (κ2) is 4.38. The van der Waals surface area contributed by atoms with Gasteiger partial charge in [0.2, 0.25) is 0 Å². The second-order valence-electron chi connectivity index (χ2n) is 4.69. The molecule has 2 heterocycles. The lowest BCUT2D eigenvalue weighted by molar-refractivity contribution is 0.568. The van der Waals surface area contributed by atoms with Crippen LogP contribution in [0.4, 0.5) is 5.82 Å². The highest BCUT2D eigenvalue weighted by Gasteiger charge is 2.19. The third-order valence-corrected chi connectivity index (χ3v) is 3.04. The van der Waals surface area contributed by atoms with E-state index < -0.39 is 0 Å². The summed E-state index contributed by atoms with van der Waals surface area (Å²) in [7, 11) is 0. The molecule has 0 aromatic carbocycles.